The third-order valence-corrected chi connectivity index (χ3v) is 3.00. The van der Waals surface area contributed by atoms with Crippen molar-refractivity contribution in [3.8, 4) is 0 Å². The molecule has 0 fully saturated rings. The number of carbonyl (C=O) groups is 1. The van der Waals surface area contributed by atoms with Crippen LogP contribution in [-0.4, -0.2) is 16.4 Å². The molecule has 1 amide bonds. The first-order chi connectivity index (χ1) is 11.1. The zero-order chi connectivity index (χ0) is 18.0. The fraction of sp³-hybridized carbons (Fsp3) is 0.294. The van der Waals surface area contributed by atoms with Gasteiger partial charge in [-0.25, -0.2) is 0 Å². The Morgan fingerprint density at radius 3 is 2.38 bits per heavy atom. The molecule has 2 rings (SSSR count). The number of rotatable bonds is 3. The lowest BCUT2D eigenvalue weighted by Gasteiger charge is -2.22. The number of aromatic nitrogens is 1. The predicted molar refractivity (Wildman–Crippen MR) is 87.0 cm³/mol. The van der Waals surface area contributed by atoms with Gasteiger partial charge in [0.15, 0.2) is 0 Å². The molecule has 0 radical (unpaired) electrons. The van der Waals surface area contributed by atoms with Crippen LogP contribution in [0.4, 0.5) is 24.5 Å². The fourth-order valence-electron chi connectivity index (χ4n) is 2.10. The minimum absolute atomic E-state index is 0.168. The van der Waals surface area contributed by atoms with Crippen LogP contribution in [0.25, 0.3) is 0 Å². The second-order valence-electron chi connectivity index (χ2n) is 6.33. The van der Waals surface area contributed by atoms with Crippen LogP contribution in [-0.2, 0) is 6.18 Å². The van der Waals surface area contributed by atoms with Crippen molar-refractivity contribution in [3.05, 3.63) is 53.9 Å². The second-order valence-corrected chi connectivity index (χ2v) is 6.33. The van der Waals surface area contributed by atoms with Crippen molar-refractivity contribution >= 4 is 17.3 Å². The highest BCUT2D eigenvalue weighted by atomic mass is 19.4. The Bertz CT molecular complexity index is 736. The van der Waals surface area contributed by atoms with E-state index in [2.05, 4.69) is 15.6 Å². The van der Waals surface area contributed by atoms with E-state index in [1.807, 2.05) is 20.8 Å². The van der Waals surface area contributed by atoms with Crippen LogP contribution >= 0.6 is 0 Å². The molecular weight excluding hydrogens is 319 g/mol. The third kappa shape index (κ3) is 4.71. The largest absolute Gasteiger partial charge is 0.418 e. The molecule has 0 unspecified atom stereocenters. The highest BCUT2D eigenvalue weighted by Gasteiger charge is 2.33. The normalized spacial score (nSPS) is 11.9. The average molecular weight is 337 g/mol. The SMILES string of the molecule is CC(C)(C)Nc1cncc(C(=O)Nc2ccccc2C(F)(F)F)c1. The van der Waals surface area contributed by atoms with E-state index in [1.54, 1.807) is 12.3 Å². The van der Waals surface area contributed by atoms with Gasteiger partial charge in [-0.3, -0.25) is 9.78 Å². The number of hydrogen-bond acceptors (Lipinski definition) is 3. The van der Waals surface area contributed by atoms with E-state index in [0.29, 0.717) is 5.69 Å². The van der Waals surface area contributed by atoms with Crippen LogP contribution in [0.15, 0.2) is 42.7 Å². The number of carbonyl (C=O) groups excluding carboxylic acids is 1. The van der Waals surface area contributed by atoms with Gasteiger partial charge in [-0.2, -0.15) is 13.2 Å². The van der Waals surface area contributed by atoms with Crippen molar-refractivity contribution in [3.63, 3.8) is 0 Å². The van der Waals surface area contributed by atoms with E-state index in [0.717, 1.165) is 6.07 Å². The highest BCUT2D eigenvalue weighted by molar-refractivity contribution is 6.05. The molecule has 0 saturated heterocycles. The molecule has 4 nitrogen and oxygen atoms in total. The average Bonchev–Trinajstić information content (AvgIpc) is 2.45. The molecule has 0 spiro atoms. The van der Waals surface area contributed by atoms with E-state index in [4.69, 9.17) is 0 Å². The number of anilines is 2. The van der Waals surface area contributed by atoms with Crippen molar-refractivity contribution in [2.24, 2.45) is 0 Å². The Morgan fingerprint density at radius 2 is 1.75 bits per heavy atom. The number of amides is 1. The smallest absolute Gasteiger partial charge is 0.379 e. The Hall–Kier alpha value is -2.57. The summed E-state index contributed by atoms with van der Waals surface area (Å²) in [6.45, 7) is 5.83. The summed E-state index contributed by atoms with van der Waals surface area (Å²) in [6, 6.07) is 6.38. The molecule has 0 saturated carbocycles. The molecular formula is C17H18F3N3O. The number of nitrogens with zero attached hydrogens (tertiary/aromatic N) is 1. The maximum absolute atomic E-state index is 13.0. The highest BCUT2D eigenvalue weighted by Crippen LogP contribution is 2.34. The summed E-state index contributed by atoms with van der Waals surface area (Å²) in [5, 5.41) is 5.45. The summed E-state index contributed by atoms with van der Waals surface area (Å²) in [5.74, 6) is -0.656. The molecule has 0 aliphatic carbocycles. The van der Waals surface area contributed by atoms with Crippen molar-refractivity contribution in [1.29, 1.82) is 0 Å². The van der Waals surface area contributed by atoms with Gasteiger partial charge in [0.05, 0.1) is 22.5 Å². The Morgan fingerprint density at radius 1 is 1.08 bits per heavy atom. The molecule has 0 bridgehead atoms. The van der Waals surface area contributed by atoms with Crippen LogP contribution in [0.2, 0.25) is 0 Å². The zero-order valence-corrected chi connectivity index (χ0v) is 13.5. The van der Waals surface area contributed by atoms with Crippen LogP contribution in [0.3, 0.4) is 0 Å². The molecule has 2 aromatic rings. The maximum Gasteiger partial charge on any atom is 0.418 e. The standard InChI is InChI=1S/C17H18F3N3O/c1-16(2,3)23-12-8-11(9-21-10-12)15(24)22-14-7-5-4-6-13(14)17(18,19)20/h4-10,23H,1-3H3,(H,22,24). The monoisotopic (exact) mass is 337 g/mol. The number of benzene rings is 1. The molecule has 0 aliphatic rings. The number of hydrogen-bond donors (Lipinski definition) is 2. The van der Waals surface area contributed by atoms with Crippen molar-refractivity contribution in [2.45, 2.75) is 32.5 Å². The summed E-state index contributed by atoms with van der Waals surface area (Å²) in [4.78, 5) is 16.2. The Kier molecular flexibility index (Phi) is 4.82. The first-order valence-corrected chi connectivity index (χ1v) is 7.27. The van der Waals surface area contributed by atoms with E-state index in [9.17, 15) is 18.0 Å². The van der Waals surface area contributed by atoms with Gasteiger partial charge in [0.2, 0.25) is 0 Å². The molecule has 1 heterocycles. The van der Waals surface area contributed by atoms with Crippen molar-refractivity contribution < 1.29 is 18.0 Å². The van der Waals surface area contributed by atoms with Crippen LogP contribution in [0, 0.1) is 0 Å². The lowest BCUT2D eigenvalue weighted by Crippen LogP contribution is -2.26. The summed E-state index contributed by atoms with van der Waals surface area (Å²) in [7, 11) is 0. The number of halogens is 3. The first-order valence-electron chi connectivity index (χ1n) is 7.27. The van der Waals surface area contributed by atoms with Crippen molar-refractivity contribution in [2.75, 3.05) is 10.6 Å². The molecule has 7 heteroatoms. The molecule has 1 aromatic carbocycles. The Labute approximate surface area is 138 Å². The van der Waals surface area contributed by atoms with Crippen LogP contribution < -0.4 is 10.6 Å². The molecule has 128 valence electrons. The minimum Gasteiger partial charge on any atom is -0.379 e. The zero-order valence-electron chi connectivity index (χ0n) is 13.5. The van der Waals surface area contributed by atoms with Gasteiger partial charge >= 0.3 is 6.18 Å². The van der Waals surface area contributed by atoms with Gasteiger partial charge in [0, 0.05) is 17.9 Å². The first kappa shape index (κ1) is 17.8. The van der Waals surface area contributed by atoms with Gasteiger partial charge in [-0.1, -0.05) is 12.1 Å². The molecule has 2 N–H and O–H groups in total. The lowest BCUT2D eigenvalue weighted by molar-refractivity contribution is -0.136. The van der Waals surface area contributed by atoms with Gasteiger partial charge in [-0.05, 0) is 39.0 Å². The fourth-order valence-corrected chi connectivity index (χ4v) is 2.10. The van der Waals surface area contributed by atoms with Gasteiger partial charge < -0.3 is 10.6 Å². The topological polar surface area (TPSA) is 54.0 Å². The van der Waals surface area contributed by atoms with E-state index < -0.39 is 17.6 Å². The summed E-state index contributed by atoms with van der Waals surface area (Å²) < 4.78 is 38.9. The lowest BCUT2D eigenvalue weighted by atomic mass is 10.1. The maximum atomic E-state index is 13.0. The van der Waals surface area contributed by atoms with E-state index >= 15 is 0 Å². The molecule has 24 heavy (non-hydrogen) atoms. The van der Waals surface area contributed by atoms with Crippen molar-refractivity contribution in [1.82, 2.24) is 4.98 Å². The summed E-state index contributed by atoms with van der Waals surface area (Å²) in [5.41, 5.74) is -0.639. The number of pyridine rings is 1. The Balaban J connectivity index is 2.24. The van der Waals surface area contributed by atoms with Gasteiger partial charge in [0.1, 0.15) is 0 Å². The van der Waals surface area contributed by atoms with Crippen LogP contribution in [0.5, 0.6) is 0 Å². The molecule has 0 aliphatic heterocycles. The van der Waals surface area contributed by atoms with E-state index in [-0.39, 0.29) is 16.8 Å². The minimum atomic E-state index is -4.54. The number of alkyl halides is 3. The van der Waals surface area contributed by atoms with Gasteiger partial charge in [-0.15, -0.1) is 0 Å². The second kappa shape index (κ2) is 6.51. The molecule has 0 atom stereocenters. The number of para-hydroxylation sites is 1. The summed E-state index contributed by atoms with van der Waals surface area (Å²) >= 11 is 0. The quantitative estimate of drug-likeness (QED) is 0.863. The van der Waals surface area contributed by atoms with Crippen LogP contribution in [0.1, 0.15) is 36.7 Å². The molecule has 1 aromatic heterocycles. The van der Waals surface area contributed by atoms with E-state index in [1.165, 1.54) is 24.4 Å². The predicted octanol–water partition coefficient (Wildman–Crippen LogP) is 4.56. The third-order valence-electron chi connectivity index (χ3n) is 3.00. The number of nitrogens with one attached hydrogen (secondary N) is 2. The van der Waals surface area contributed by atoms with Gasteiger partial charge in [0.25, 0.3) is 5.91 Å². The summed E-state index contributed by atoms with van der Waals surface area (Å²) in [6.07, 6.45) is -1.69.